The molecule has 0 aliphatic rings. The first-order valence-electron chi connectivity index (χ1n) is 8.70. The number of aromatic nitrogens is 3. The van der Waals surface area contributed by atoms with Crippen LogP contribution in [0.2, 0.25) is 0 Å². The Morgan fingerprint density at radius 2 is 1.82 bits per heavy atom. The molecule has 2 aromatic carbocycles. The zero-order chi connectivity index (χ0) is 19.2. The van der Waals surface area contributed by atoms with Gasteiger partial charge in [0.05, 0.1) is 7.11 Å². The van der Waals surface area contributed by atoms with Crippen LogP contribution in [0, 0.1) is 0 Å². The van der Waals surface area contributed by atoms with Crippen LogP contribution in [0.15, 0.2) is 77.4 Å². The van der Waals surface area contributed by atoms with E-state index in [4.69, 9.17) is 14.0 Å². The molecule has 7 nitrogen and oxygen atoms in total. The molecular weight excluding hydrogens is 356 g/mol. The molecule has 0 spiro atoms. The summed E-state index contributed by atoms with van der Waals surface area (Å²) in [5.74, 6) is 2.71. The van der Waals surface area contributed by atoms with Gasteiger partial charge in [-0.05, 0) is 35.5 Å². The molecule has 4 rings (SSSR count). The van der Waals surface area contributed by atoms with Crippen LogP contribution in [-0.2, 0) is 6.54 Å². The number of nitrogens with zero attached hydrogens (tertiary/aromatic N) is 3. The van der Waals surface area contributed by atoms with Gasteiger partial charge in [-0.2, -0.15) is 4.98 Å². The Morgan fingerprint density at radius 1 is 0.964 bits per heavy atom. The summed E-state index contributed by atoms with van der Waals surface area (Å²) in [6.07, 6.45) is 1.68. The predicted molar refractivity (Wildman–Crippen MR) is 104 cm³/mol. The van der Waals surface area contributed by atoms with E-state index in [9.17, 15) is 0 Å². The molecule has 0 saturated heterocycles. The largest absolute Gasteiger partial charge is 0.497 e. The first kappa shape index (κ1) is 17.5. The number of hydrogen-bond acceptors (Lipinski definition) is 7. The van der Waals surface area contributed by atoms with Crippen LogP contribution >= 0.6 is 0 Å². The molecule has 0 fully saturated rings. The van der Waals surface area contributed by atoms with Gasteiger partial charge in [0.1, 0.15) is 11.5 Å². The van der Waals surface area contributed by atoms with E-state index in [-0.39, 0.29) is 0 Å². The van der Waals surface area contributed by atoms with E-state index < -0.39 is 0 Å². The quantitative estimate of drug-likeness (QED) is 0.508. The molecule has 1 N–H and O–H groups in total. The van der Waals surface area contributed by atoms with E-state index in [1.807, 2.05) is 60.7 Å². The maximum atomic E-state index is 5.92. The van der Waals surface area contributed by atoms with Gasteiger partial charge in [0.2, 0.25) is 5.88 Å². The second kappa shape index (κ2) is 8.22. The van der Waals surface area contributed by atoms with E-state index in [1.165, 1.54) is 0 Å². The van der Waals surface area contributed by atoms with Crippen LogP contribution in [0.5, 0.6) is 17.4 Å². The molecule has 0 bridgehead atoms. The third-order valence-electron chi connectivity index (χ3n) is 3.99. The zero-order valence-corrected chi connectivity index (χ0v) is 15.2. The van der Waals surface area contributed by atoms with Crippen molar-refractivity contribution in [3.05, 3.63) is 78.5 Å². The van der Waals surface area contributed by atoms with E-state index in [0.717, 1.165) is 11.1 Å². The zero-order valence-electron chi connectivity index (χ0n) is 15.2. The highest BCUT2D eigenvalue weighted by molar-refractivity contribution is 5.53. The van der Waals surface area contributed by atoms with Gasteiger partial charge in [-0.15, -0.1) is 0 Å². The fourth-order valence-corrected chi connectivity index (χ4v) is 2.59. The highest BCUT2D eigenvalue weighted by atomic mass is 16.5. The number of methoxy groups -OCH3 is 1. The molecule has 0 amide bonds. The van der Waals surface area contributed by atoms with Crippen LogP contribution in [0.25, 0.3) is 11.5 Å². The first-order valence-corrected chi connectivity index (χ1v) is 8.70. The van der Waals surface area contributed by atoms with Crippen molar-refractivity contribution in [2.24, 2.45) is 0 Å². The monoisotopic (exact) mass is 374 g/mol. The SMILES string of the molecule is COc1cccc(Oc2ncccc2CNc2noc(-c3ccccc3)n2)c1. The Morgan fingerprint density at radius 3 is 2.68 bits per heavy atom. The van der Waals surface area contributed by atoms with Gasteiger partial charge >= 0.3 is 0 Å². The van der Waals surface area contributed by atoms with Gasteiger partial charge in [-0.1, -0.05) is 30.3 Å². The van der Waals surface area contributed by atoms with Crippen LogP contribution in [0.1, 0.15) is 5.56 Å². The van der Waals surface area contributed by atoms with E-state index >= 15 is 0 Å². The molecule has 0 saturated carbocycles. The maximum Gasteiger partial charge on any atom is 0.264 e. The Kier molecular flexibility index (Phi) is 5.15. The molecule has 7 heteroatoms. The van der Waals surface area contributed by atoms with E-state index in [1.54, 1.807) is 19.4 Å². The van der Waals surface area contributed by atoms with Gasteiger partial charge in [0, 0.05) is 29.9 Å². The lowest BCUT2D eigenvalue weighted by molar-refractivity contribution is 0.406. The summed E-state index contributed by atoms with van der Waals surface area (Å²) >= 11 is 0. The van der Waals surface area contributed by atoms with Crippen molar-refractivity contribution in [1.29, 1.82) is 0 Å². The Bertz CT molecular complexity index is 1050. The topological polar surface area (TPSA) is 82.3 Å². The molecule has 4 aromatic rings. The Balaban J connectivity index is 1.46. The fourth-order valence-electron chi connectivity index (χ4n) is 2.59. The summed E-state index contributed by atoms with van der Waals surface area (Å²) in [4.78, 5) is 8.69. The van der Waals surface area contributed by atoms with Crippen LogP contribution in [0.4, 0.5) is 5.95 Å². The summed E-state index contributed by atoms with van der Waals surface area (Å²) in [6.45, 7) is 0.431. The first-order chi connectivity index (χ1) is 13.8. The van der Waals surface area contributed by atoms with Crippen LogP contribution in [-0.4, -0.2) is 22.2 Å². The molecular formula is C21H18N4O3. The molecule has 0 aliphatic heterocycles. The van der Waals surface area contributed by atoms with E-state index in [0.29, 0.717) is 35.8 Å². The van der Waals surface area contributed by atoms with Gasteiger partial charge in [0.25, 0.3) is 11.8 Å². The fraction of sp³-hybridized carbons (Fsp3) is 0.0952. The summed E-state index contributed by atoms with van der Waals surface area (Å²) < 4.78 is 16.5. The molecule has 2 aromatic heterocycles. The minimum atomic E-state index is 0.398. The number of hydrogen-bond donors (Lipinski definition) is 1. The van der Waals surface area contributed by atoms with Crippen molar-refractivity contribution in [1.82, 2.24) is 15.1 Å². The third kappa shape index (κ3) is 4.09. The van der Waals surface area contributed by atoms with Crippen molar-refractivity contribution < 1.29 is 14.0 Å². The maximum absolute atomic E-state index is 5.92. The number of pyridine rings is 1. The lowest BCUT2D eigenvalue weighted by Crippen LogP contribution is -2.03. The van der Waals surface area contributed by atoms with Gasteiger partial charge < -0.3 is 19.3 Å². The molecule has 0 atom stereocenters. The molecule has 0 radical (unpaired) electrons. The molecule has 0 unspecified atom stereocenters. The third-order valence-corrected chi connectivity index (χ3v) is 3.99. The summed E-state index contributed by atoms with van der Waals surface area (Å²) in [7, 11) is 1.61. The second-order valence-corrected chi connectivity index (χ2v) is 5.89. The summed E-state index contributed by atoms with van der Waals surface area (Å²) in [5, 5.41) is 7.11. The van der Waals surface area contributed by atoms with Crippen molar-refractivity contribution in [2.75, 3.05) is 12.4 Å². The second-order valence-electron chi connectivity index (χ2n) is 5.89. The lowest BCUT2D eigenvalue weighted by Gasteiger charge is -2.10. The smallest absolute Gasteiger partial charge is 0.264 e. The standard InChI is InChI=1S/C21H18N4O3/c1-26-17-10-5-11-18(13-17)27-19-16(9-6-12-22-19)14-23-21-24-20(28-25-21)15-7-3-2-4-8-15/h2-13H,14H2,1H3,(H,23,25). The average molecular weight is 374 g/mol. The van der Waals surface area contributed by atoms with Crippen molar-refractivity contribution in [3.8, 4) is 28.8 Å². The van der Waals surface area contributed by atoms with Gasteiger partial charge in [-0.25, -0.2) is 4.98 Å². The minimum absolute atomic E-state index is 0.398. The number of rotatable bonds is 7. The normalized spacial score (nSPS) is 10.5. The minimum Gasteiger partial charge on any atom is -0.497 e. The van der Waals surface area contributed by atoms with Gasteiger partial charge in [-0.3, -0.25) is 0 Å². The predicted octanol–water partition coefficient (Wildman–Crippen LogP) is 4.54. The molecule has 2 heterocycles. The summed E-state index contributed by atoms with van der Waals surface area (Å²) in [5.41, 5.74) is 1.72. The van der Waals surface area contributed by atoms with Crippen molar-refractivity contribution in [2.45, 2.75) is 6.54 Å². The van der Waals surface area contributed by atoms with Crippen molar-refractivity contribution in [3.63, 3.8) is 0 Å². The molecule has 140 valence electrons. The molecule has 28 heavy (non-hydrogen) atoms. The number of anilines is 1. The summed E-state index contributed by atoms with van der Waals surface area (Å²) in [6, 6.07) is 20.7. The lowest BCUT2D eigenvalue weighted by atomic mass is 10.2. The Labute approximate surface area is 162 Å². The Hall–Kier alpha value is -3.87. The molecule has 0 aliphatic carbocycles. The highest BCUT2D eigenvalue weighted by Gasteiger charge is 2.11. The highest BCUT2D eigenvalue weighted by Crippen LogP contribution is 2.26. The number of ether oxygens (including phenoxy) is 2. The number of benzene rings is 2. The average Bonchev–Trinajstić information content (AvgIpc) is 3.23. The van der Waals surface area contributed by atoms with Crippen molar-refractivity contribution >= 4 is 5.95 Å². The number of nitrogens with one attached hydrogen (secondary N) is 1. The van der Waals surface area contributed by atoms with Crippen LogP contribution in [0.3, 0.4) is 0 Å². The van der Waals surface area contributed by atoms with E-state index in [2.05, 4.69) is 20.4 Å². The van der Waals surface area contributed by atoms with Crippen LogP contribution < -0.4 is 14.8 Å². The van der Waals surface area contributed by atoms with Gasteiger partial charge in [0.15, 0.2) is 0 Å².